The summed E-state index contributed by atoms with van der Waals surface area (Å²) in [7, 11) is 0. The second kappa shape index (κ2) is 6.49. The van der Waals surface area contributed by atoms with Gasteiger partial charge in [-0.05, 0) is 23.3 Å². The Kier molecular flexibility index (Phi) is 4.25. The number of nitrogens with zero attached hydrogens (tertiary/aromatic N) is 3. The van der Waals surface area contributed by atoms with Crippen LogP contribution >= 0.6 is 0 Å². The molecule has 0 saturated carbocycles. The molecule has 112 valence electrons. The molecule has 0 atom stereocenters. The fourth-order valence-corrected chi connectivity index (χ4v) is 2.36. The van der Waals surface area contributed by atoms with Crippen LogP contribution in [0.2, 0.25) is 0 Å². The SMILES string of the molecule is OCc1nnn(Cc2ccc(F)cc2)c1Cc1ccccc1. The fourth-order valence-electron chi connectivity index (χ4n) is 2.36. The lowest BCUT2D eigenvalue weighted by Crippen LogP contribution is -2.08. The molecule has 0 radical (unpaired) electrons. The Bertz CT molecular complexity index is 738. The quantitative estimate of drug-likeness (QED) is 0.787. The second-order valence-electron chi connectivity index (χ2n) is 5.09. The average molecular weight is 297 g/mol. The van der Waals surface area contributed by atoms with Gasteiger partial charge < -0.3 is 5.11 Å². The van der Waals surface area contributed by atoms with Crippen LogP contribution in [0.1, 0.15) is 22.5 Å². The molecular weight excluding hydrogens is 281 g/mol. The van der Waals surface area contributed by atoms with Crippen LogP contribution in [-0.4, -0.2) is 20.1 Å². The topological polar surface area (TPSA) is 50.9 Å². The van der Waals surface area contributed by atoms with E-state index in [2.05, 4.69) is 10.3 Å². The molecule has 1 N–H and O–H groups in total. The van der Waals surface area contributed by atoms with Crippen LogP contribution in [0.15, 0.2) is 54.6 Å². The van der Waals surface area contributed by atoms with Gasteiger partial charge in [-0.25, -0.2) is 9.07 Å². The van der Waals surface area contributed by atoms with Crippen molar-refractivity contribution >= 4 is 0 Å². The highest BCUT2D eigenvalue weighted by atomic mass is 19.1. The Hall–Kier alpha value is -2.53. The Labute approximate surface area is 127 Å². The maximum Gasteiger partial charge on any atom is 0.123 e. The molecule has 0 spiro atoms. The highest BCUT2D eigenvalue weighted by Crippen LogP contribution is 2.14. The average Bonchev–Trinajstić information content (AvgIpc) is 2.92. The van der Waals surface area contributed by atoms with Crippen molar-refractivity contribution in [1.29, 1.82) is 0 Å². The molecule has 0 aliphatic heterocycles. The number of rotatable bonds is 5. The largest absolute Gasteiger partial charge is 0.390 e. The summed E-state index contributed by atoms with van der Waals surface area (Å²) in [6.07, 6.45) is 0.644. The van der Waals surface area contributed by atoms with Crippen LogP contribution in [0, 0.1) is 5.82 Å². The fraction of sp³-hybridized carbons (Fsp3) is 0.176. The van der Waals surface area contributed by atoms with E-state index in [1.165, 1.54) is 12.1 Å². The van der Waals surface area contributed by atoms with Crippen LogP contribution in [-0.2, 0) is 19.6 Å². The van der Waals surface area contributed by atoms with Crippen LogP contribution in [0.25, 0.3) is 0 Å². The Morgan fingerprint density at radius 1 is 0.955 bits per heavy atom. The van der Waals surface area contributed by atoms with Crippen molar-refractivity contribution in [3.8, 4) is 0 Å². The van der Waals surface area contributed by atoms with Gasteiger partial charge in [0.25, 0.3) is 0 Å². The molecule has 5 heteroatoms. The molecule has 0 unspecified atom stereocenters. The molecule has 1 heterocycles. The van der Waals surface area contributed by atoms with Crippen LogP contribution < -0.4 is 0 Å². The molecule has 2 aromatic carbocycles. The highest BCUT2D eigenvalue weighted by Gasteiger charge is 2.13. The monoisotopic (exact) mass is 297 g/mol. The van der Waals surface area contributed by atoms with Crippen molar-refractivity contribution in [1.82, 2.24) is 15.0 Å². The minimum atomic E-state index is -0.261. The summed E-state index contributed by atoms with van der Waals surface area (Å²) in [6.45, 7) is 0.348. The molecule has 1 aromatic heterocycles. The van der Waals surface area contributed by atoms with Crippen molar-refractivity contribution in [2.45, 2.75) is 19.6 Å². The molecule has 4 nitrogen and oxygen atoms in total. The van der Waals surface area contributed by atoms with E-state index in [1.807, 2.05) is 30.3 Å². The summed E-state index contributed by atoms with van der Waals surface area (Å²) < 4.78 is 14.7. The smallest absolute Gasteiger partial charge is 0.123 e. The minimum absolute atomic E-state index is 0.147. The molecule has 22 heavy (non-hydrogen) atoms. The number of aromatic nitrogens is 3. The summed E-state index contributed by atoms with van der Waals surface area (Å²) in [5, 5.41) is 17.6. The van der Waals surface area contributed by atoms with Crippen molar-refractivity contribution in [3.05, 3.63) is 82.9 Å². The van der Waals surface area contributed by atoms with Gasteiger partial charge >= 0.3 is 0 Å². The van der Waals surface area contributed by atoms with Gasteiger partial charge in [0, 0.05) is 6.42 Å². The zero-order valence-corrected chi connectivity index (χ0v) is 12.0. The molecule has 0 aliphatic carbocycles. The van der Waals surface area contributed by atoms with E-state index < -0.39 is 0 Å². The van der Waals surface area contributed by atoms with Crippen LogP contribution in [0.3, 0.4) is 0 Å². The predicted octanol–water partition coefficient (Wildman–Crippen LogP) is 2.55. The summed E-state index contributed by atoms with van der Waals surface area (Å²) in [5.74, 6) is -0.261. The number of hydrogen-bond donors (Lipinski definition) is 1. The zero-order chi connectivity index (χ0) is 15.4. The third-order valence-electron chi connectivity index (χ3n) is 3.53. The first-order valence-corrected chi connectivity index (χ1v) is 7.06. The lowest BCUT2D eigenvalue weighted by molar-refractivity contribution is 0.275. The number of benzene rings is 2. The maximum atomic E-state index is 13.0. The van der Waals surface area contributed by atoms with E-state index in [-0.39, 0.29) is 12.4 Å². The first kappa shape index (κ1) is 14.4. The molecule has 3 aromatic rings. The van der Waals surface area contributed by atoms with Gasteiger partial charge in [0.05, 0.1) is 18.8 Å². The third-order valence-corrected chi connectivity index (χ3v) is 3.53. The van der Waals surface area contributed by atoms with Gasteiger partial charge in [-0.1, -0.05) is 47.7 Å². The van der Waals surface area contributed by atoms with E-state index >= 15 is 0 Å². The minimum Gasteiger partial charge on any atom is -0.390 e. The first-order valence-electron chi connectivity index (χ1n) is 7.06. The van der Waals surface area contributed by atoms with Crippen molar-refractivity contribution in [2.75, 3.05) is 0 Å². The number of halogens is 1. The standard InChI is InChI=1S/C17H16FN3O/c18-15-8-6-14(7-9-15)11-21-17(16(12-22)19-20-21)10-13-4-2-1-3-5-13/h1-9,22H,10-12H2. The van der Waals surface area contributed by atoms with Crippen LogP contribution in [0.4, 0.5) is 4.39 Å². The van der Waals surface area contributed by atoms with Gasteiger partial charge in [-0.2, -0.15) is 0 Å². The lowest BCUT2D eigenvalue weighted by Gasteiger charge is -2.08. The Morgan fingerprint density at radius 2 is 1.68 bits per heavy atom. The zero-order valence-electron chi connectivity index (χ0n) is 12.0. The summed E-state index contributed by atoms with van der Waals surface area (Å²) in [5.41, 5.74) is 3.51. The summed E-state index contributed by atoms with van der Waals surface area (Å²) >= 11 is 0. The summed E-state index contributed by atoms with van der Waals surface area (Å²) in [6, 6.07) is 16.3. The van der Waals surface area contributed by atoms with Gasteiger partial charge in [-0.3, -0.25) is 0 Å². The normalized spacial score (nSPS) is 10.8. The van der Waals surface area contributed by atoms with E-state index in [0.29, 0.717) is 18.7 Å². The Morgan fingerprint density at radius 3 is 2.36 bits per heavy atom. The number of hydrogen-bond acceptors (Lipinski definition) is 3. The number of aliphatic hydroxyl groups is 1. The third kappa shape index (κ3) is 3.20. The van der Waals surface area contributed by atoms with E-state index in [1.54, 1.807) is 16.8 Å². The van der Waals surface area contributed by atoms with Crippen molar-refractivity contribution in [2.24, 2.45) is 0 Å². The first-order chi connectivity index (χ1) is 10.8. The molecule has 0 bridgehead atoms. The predicted molar refractivity (Wildman–Crippen MR) is 80.7 cm³/mol. The highest BCUT2D eigenvalue weighted by molar-refractivity contribution is 5.25. The van der Waals surface area contributed by atoms with E-state index in [4.69, 9.17) is 0 Å². The maximum absolute atomic E-state index is 13.0. The van der Waals surface area contributed by atoms with Gasteiger partial charge in [0.1, 0.15) is 11.5 Å². The van der Waals surface area contributed by atoms with Crippen LogP contribution in [0.5, 0.6) is 0 Å². The second-order valence-corrected chi connectivity index (χ2v) is 5.09. The van der Waals surface area contributed by atoms with E-state index in [9.17, 15) is 9.50 Å². The molecule has 0 amide bonds. The molecule has 0 aliphatic rings. The molecular formula is C17H16FN3O. The van der Waals surface area contributed by atoms with Crippen molar-refractivity contribution in [3.63, 3.8) is 0 Å². The van der Waals surface area contributed by atoms with Gasteiger partial charge in [0.15, 0.2) is 0 Å². The lowest BCUT2D eigenvalue weighted by atomic mass is 10.1. The van der Waals surface area contributed by atoms with Gasteiger partial charge in [0.2, 0.25) is 0 Å². The Balaban J connectivity index is 1.88. The molecule has 0 saturated heterocycles. The van der Waals surface area contributed by atoms with Gasteiger partial charge in [-0.15, -0.1) is 5.10 Å². The van der Waals surface area contributed by atoms with E-state index in [0.717, 1.165) is 16.8 Å². The summed E-state index contributed by atoms with van der Waals surface area (Å²) in [4.78, 5) is 0. The molecule has 0 fully saturated rings. The van der Waals surface area contributed by atoms with Crippen molar-refractivity contribution < 1.29 is 9.50 Å². The number of aliphatic hydroxyl groups excluding tert-OH is 1. The molecule has 3 rings (SSSR count).